The first-order valence-electron chi connectivity index (χ1n) is 9.43. The fourth-order valence-corrected chi connectivity index (χ4v) is 5.23. The largest absolute Gasteiger partial charge is 0.378 e. The van der Waals surface area contributed by atoms with E-state index in [1.165, 1.54) is 5.57 Å². The summed E-state index contributed by atoms with van der Waals surface area (Å²) in [6, 6.07) is 0. The molecule has 24 heavy (non-hydrogen) atoms. The van der Waals surface area contributed by atoms with Gasteiger partial charge in [0.1, 0.15) is 11.9 Å². The van der Waals surface area contributed by atoms with Crippen molar-refractivity contribution in [2.45, 2.75) is 64.2 Å². The highest BCUT2D eigenvalue weighted by molar-refractivity contribution is 5.83. The molecule has 5 atom stereocenters. The van der Waals surface area contributed by atoms with Gasteiger partial charge in [-0.25, -0.2) is 0 Å². The lowest BCUT2D eigenvalue weighted by Gasteiger charge is -2.57. The number of piperidine rings is 2. The Morgan fingerprint density at radius 2 is 2.08 bits per heavy atom. The van der Waals surface area contributed by atoms with Crippen molar-refractivity contribution in [3.05, 3.63) is 11.6 Å². The number of carbonyl (C=O) groups excluding carboxylic acids is 1. The maximum atomic E-state index is 12.8. The molecule has 3 aliphatic rings. The molecule has 4 heteroatoms. The molecule has 2 fully saturated rings. The lowest BCUT2D eigenvalue weighted by atomic mass is 9.63. The number of Topliss-reactive ketones (excluding diaryl/α,β-unsaturated/α-hetero) is 1. The van der Waals surface area contributed by atoms with Crippen molar-refractivity contribution in [1.29, 1.82) is 0 Å². The Bertz CT molecular complexity index is 515. The van der Waals surface area contributed by atoms with Crippen LogP contribution in [0.3, 0.4) is 0 Å². The second-order valence-electron chi connectivity index (χ2n) is 8.53. The molecular formula is C20H33NO3. The van der Waals surface area contributed by atoms with Crippen LogP contribution in [0, 0.1) is 17.8 Å². The average molecular weight is 335 g/mol. The van der Waals surface area contributed by atoms with Crippen molar-refractivity contribution in [2.24, 2.45) is 17.8 Å². The molecule has 0 radical (unpaired) electrons. The summed E-state index contributed by atoms with van der Waals surface area (Å²) in [4.78, 5) is 15.4. The number of rotatable bonds is 4. The Morgan fingerprint density at radius 3 is 2.71 bits per heavy atom. The van der Waals surface area contributed by atoms with E-state index in [4.69, 9.17) is 9.47 Å². The van der Waals surface area contributed by atoms with Crippen molar-refractivity contribution >= 4 is 5.78 Å². The van der Waals surface area contributed by atoms with E-state index in [9.17, 15) is 4.79 Å². The van der Waals surface area contributed by atoms with Crippen LogP contribution in [0.5, 0.6) is 0 Å². The average Bonchev–Trinajstić information content (AvgIpc) is 2.54. The molecule has 0 aromatic heterocycles. The standard InChI is InChI=1S/C20H33NO3/c1-13(2)8-15-12-21-7-6-14-9-18(23-4)19(24-5)10-16(14)20(21,3)11-17(15)22/h9,13,15-16,18-19H,6-8,10-12H2,1-5H3/t15-,16?,18?,19?,20-/m1/s1. The summed E-state index contributed by atoms with van der Waals surface area (Å²) in [6.45, 7) is 8.73. The van der Waals surface area contributed by atoms with Gasteiger partial charge < -0.3 is 9.47 Å². The van der Waals surface area contributed by atoms with E-state index in [2.05, 4.69) is 31.7 Å². The van der Waals surface area contributed by atoms with Crippen molar-refractivity contribution < 1.29 is 14.3 Å². The number of hydrogen-bond donors (Lipinski definition) is 0. The number of carbonyl (C=O) groups is 1. The Morgan fingerprint density at radius 1 is 1.33 bits per heavy atom. The van der Waals surface area contributed by atoms with Crippen LogP contribution in [0.15, 0.2) is 11.6 Å². The van der Waals surface area contributed by atoms with Crippen molar-refractivity contribution in [1.82, 2.24) is 4.90 Å². The van der Waals surface area contributed by atoms with Gasteiger partial charge in [-0.1, -0.05) is 25.5 Å². The van der Waals surface area contributed by atoms with E-state index in [1.54, 1.807) is 14.2 Å². The second kappa shape index (κ2) is 6.89. The highest BCUT2D eigenvalue weighted by atomic mass is 16.5. The lowest BCUT2D eigenvalue weighted by molar-refractivity contribution is -0.138. The quantitative estimate of drug-likeness (QED) is 0.740. The molecule has 0 saturated carbocycles. The minimum Gasteiger partial charge on any atom is -0.378 e. The summed E-state index contributed by atoms with van der Waals surface area (Å²) in [5, 5.41) is 0. The minimum atomic E-state index is -0.0515. The highest BCUT2D eigenvalue weighted by Crippen LogP contribution is 2.48. The van der Waals surface area contributed by atoms with Crippen molar-refractivity contribution in [3.8, 4) is 0 Å². The van der Waals surface area contributed by atoms with Gasteiger partial charge >= 0.3 is 0 Å². The highest BCUT2D eigenvalue weighted by Gasteiger charge is 2.52. The Kier molecular flexibility index (Phi) is 5.19. The van der Waals surface area contributed by atoms with Gasteiger partial charge in [0.25, 0.3) is 0 Å². The van der Waals surface area contributed by atoms with E-state index in [1.807, 2.05) is 0 Å². The van der Waals surface area contributed by atoms with Crippen LogP contribution in [0.2, 0.25) is 0 Å². The minimum absolute atomic E-state index is 0.0457. The Hall–Kier alpha value is -0.710. The fraction of sp³-hybridized carbons (Fsp3) is 0.850. The van der Waals surface area contributed by atoms with Crippen LogP contribution in [0.4, 0.5) is 0 Å². The third-order valence-corrected chi connectivity index (χ3v) is 6.56. The topological polar surface area (TPSA) is 38.8 Å². The SMILES string of the molecule is COC1C=C2CCN3C[C@@H](CC(C)C)C(=O)C[C@]3(C)C2CC1OC. The van der Waals surface area contributed by atoms with E-state index < -0.39 is 0 Å². The summed E-state index contributed by atoms with van der Waals surface area (Å²) in [7, 11) is 3.52. The third-order valence-electron chi connectivity index (χ3n) is 6.56. The normalized spacial score (nSPS) is 40.2. The van der Waals surface area contributed by atoms with Gasteiger partial charge in [0.2, 0.25) is 0 Å². The summed E-state index contributed by atoms with van der Waals surface area (Å²) < 4.78 is 11.3. The van der Waals surface area contributed by atoms with Gasteiger partial charge in [-0.15, -0.1) is 0 Å². The maximum Gasteiger partial charge on any atom is 0.139 e. The molecule has 136 valence electrons. The monoisotopic (exact) mass is 335 g/mol. The van der Waals surface area contributed by atoms with Gasteiger partial charge in [-0.3, -0.25) is 9.69 Å². The molecule has 2 aliphatic heterocycles. The third kappa shape index (κ3) is 3.09. The number of ketones is 1. The number of methoxy groups -OCH3 is 2. The van der Waals surface area contributed by atoms with Gasteiger partial charge in [0.15, 0.2) is 0 Å². The Balaban J connectivity index is 1.84. The predicted molar refractivity (Wildman–Crippen MR) is 94.9 cm³/mol. The molecule has 0 aromatic carbocycles. The first-order chi connectivity index (χ1) is 11.4. The first kappa shape index (κ1) is 18.1. The molecule has 0 bridgehead atoms. The molecular weight excluding hydrogens is 302 g/mol. The van der Waals surface area contributed by atoms with Gasteiger partial charge in [0, 0.05) is 51.1 Å². The number of hydrogen-bond acceptors (Lipinski definition) is 4. The Labute approximate surface area is 146 Å². The van der Waals surface area contributed by atoms with Gasteiger partial charge in [-0.2, -0.15) is 0 Å². The lowest BCUT2D eigenvalue weighted by Crippen LogP contribution is -2.63. The van der Waals surface area contributed by atoms with Gasteiger partial charge in [0.05, 0.1) is 6.10 Å². The van der Waals surface area contributed by atoms with Crippen LogP contribution in [0.25, 0.3) is 0 Å². The van der Waals surface area contributed by atoms with Crippen LogP contribution >= 0.6 is 0 Å². The van der Waals surface area contributed by atoms with E-state index in [0.717, 1.165) is 32.4 Å². The molecule has 0 N–H and O–H groups in total. The van der Waals surface area contributed by atoms with Crippen molar-refractivity contribution in [3.63, 3.8) is 0 Å². The molecule has 3 rings (SSSR count). The number of fused-ring (bicyclic) bond motifs is 3. The van der Waals surface area contributed by atoms with Gasteiger partial charge in [-0.05, 0) is 32.1 Å². The summed E-state index contributed by atoms with van der Waals surface area (Å²) in [5.74, 6) is 1.67. The molecule has 4 nitrogen and oxygen atoms in total. The second-order valence-corrected chi connectivity index (χ2v) is 8.53. The maximum absolute atomic E-state index is 12.8. The number of nitrogens with zero attached hydrogens (tertiary/aromatic N) is 1. The zero-order valence-corrected chi connectivity index (χ0v) is 15.9. The zero-order valence-electron chi connectivity index (χ0n) is 15.9. The molecule has 0 amide bonds. The van der Waals surface area contributed by atoms with Crippen LogP contribution in [0.1, 0.15) is 46.5 Å². The van der Waals surface area contributed by atoms with Crippen LogP contribution in [-0.2, 0) is 14.3 Å². The van der Waals surface area contributed by atoms with E-state index >= 15 is 0 Å². The first-order valence-corrected chi connectivity index (χ1v) is 9.43. The molecule has 0 aromatic rings. The molecule has 2 heterocycles. The fourth-order valence-electron chi connectivity index (χ4n) is 5.23. The predicted octanol–water partition coefficient (Wildman–Crippen LogP) is 3.06. The molecule has 3 unspecified atom stereocenters. The van der Waals surface area contributed by atoms with E-state index in [0.29, 0.717) is 24.0 Å². The van der Waals surface area contributed by atoms with Crippen LogP contribution < -0.4 is 0 Å². The molecule has 2 saturated heterocycles. The zero-order chi connectivity index (χ0) is 17.5. The van der Waals surface area contributed by atoms with Crippen LogP contribution in [-0.4, -0.2) is 55.7 Å². The van der Waals surface area contributed by atoms with Crippen molar-refractivity contribution in [2.75, 3.05) is 27.3 Å². The molecule has 0 spiro atoms. The van der Waals surface area contributed by atoms with E-state index in [-0.39, 0.29) is 23.7 Å². The summed E-state index contributed by atoms with van der Waals surface area (Å²) in [6.07, 6.45) is 6.16. The summed E-state index contributed by atoms with van der Waals surface area (Å²) >= 11 is 0. The summed E-state index contributed by atoms with van der Waals surface area (Å²) in [5.41, 5.74) is 1.42. The smallest absolute Gasteiger partial charge is 0.139 e. The molecule has 1 aliphatic carbocycles. The number of ether oxygens (including phenoxy) is 2.